The lowest BCUT2D eigenvalue weighted by Gasteiger charge is -2.08. The molecule has 0 saturated heterocycles. The fourth-order valence-electron chi connectivity index (χ4n) is 2.12. The predicted octanol–water partition coefficient (Wildman–Crippen LogP) is 4.27. The van der Waals surface area contributed by atoms with Gasteiger partial charge in [0.15, 0.2) is 0 Å². The van der Waals surface area contributed by atoms with E-state index in [0.29, 0.717) is 5.75 Å². The van der Waals surface area contributed by atoms with E-state index in [-0.39, 0.29) is 11.8 Å². The monoisotopic (exact) mass is 433 g/mol. The van der Waals surface area contributed by atoms with Gasteiger partial charge in [-0.15, -0.1) is 11.8 Å². The smallest absolute Gasteiger partial charge is 0.250 e. The number of amides is 2. The van der Waals surface area contributed by atoms with Crippen LogP contribution >= 0.6 is 27.7 Å². The van der Waals surface area contributed by atoms with E-state index in [4.69, 9.17) is 0 Å². The molecule has 0 atom stereocenters. The lowest BCUT2D eigenvalue weighted by atomic mass is 10.2. The number of rotatable bonds is 6. The van der Waals surface area contributed by atoms with E-state index in [1.54, 1.807) is 18.3 Å². The Balaban J connectivity index is 1.84. The minimum absolute atomic E-state index is 0.118. The van der Waals surface area contributed by atoms with Crippen LogP contribution < -0.4 is 10.7 Å². The molecule has 0 aliphatic rings. The largest absolute Gasteiger partial charge is 0.326 e. The number of nitrogens with zero attached hydrogens (tertiary/aromatic N) is 1. The first-order valence-corrected chi connectivity index (χ1v) is 9.72. The van der Waals surface area contributed by atoms with Crippen molar-refractivity contribution in [2.45, 2.75) is 25.7 Å². The van der Waals surface area contributed by atoms with Gasteiger partial charge in [0.1, 0.15) is 0 Å². The average Bonchev–Trinajstić information content (AvgIpc) is 2.58. The zero-order valence-corrected chi connectivity index (χ0v) is 17.2. The van der Waals surface area contributed by atoms with Crippen LogP contribution in [-0.2, 0) is 9.59 Å². The van der Waals surface area contributed by atoms with E-state index < -0.39 is 0 Å². The van der Waals surface area contributed by atoms with Crippen molar-refractivity contribution in [3.63, 3.8) is 0 Å². The van der Waals surface area contributed by atoms with Crippen LogP contribution in [0.2, 0.25) is 0 Å². The number of halogens is 1. The van der Waals surface area contributed by atoms with Gasteiger partial charge in [0.05, 0.1) is 12.0 Å². The molecule has 2 aromatic rings. The molecule has 0 fully saturated rings. The van der Waals surface area contributed by atoms with Crippen LogP contribution in [0.4, 0.5) is 5.69 Å². The minimum atomic E-state index is -0.166. The summed E-state index contributed by atoms with van der Waals surface area (Å²) >= 11 is 4.99. The standard InChI is InChI=1S/C19H20BrN3O2S/c1-12-9-18(13(2)8-17(12)20)26-11-19(25)23-21-10-15-4-6-16(7-5-15)22-14(3)24/h4-10H,11H2,1-3H3,(H,22,24)(H,23,25)/b21-10-. The summed E-state index contributed by atoms with van der Waals surface area (Å²) in [7, 11) is 0. The van der Waals surface area contributed by atoms with Crippen LogP contribution in [0.15, 0.2) is 50.9 Å². The van der Waals surface area contributed by atoms with Gasteiger partial charge in [0, 0.05) is 22.0 Å². The molecule has 7 heteroatoms. The Kier molecular flexibility index (Phi) is 7.41. The maximum Gasteiger partial charge on any atom is 0.250 e. The first kappa shape index (κ1) is 20.2. The van der Waals surface area contributed by atoms with Gasteiger partial charge >= 0.3 is 0 Å². The molecule has 0 unspecified atom stereocenters. The summed E-state index contributed by atoms with van der Waals surface area (Å²) in [6.45, 7) is 5.50. The highest BCUT2D eigenvalue weighted by molar-refractivity contribution is 9.10. The van der Waals surface area contributed by atoms with Gasteiger partial charge in [-0.2, -0.15) is 5.10 Å². The number of anilines is 1. The summed E-state index contributed by atoms with van der Waals surface area (Å²) in [6.07, 6.45) is 1.56. The van der Waals surface area contributed by atoms with Gasteiger partial charge in [-0.1, -0.05) is 28.1 Å². The summed E-state index contributed by atoms with van der Waals surface area (Å²) < 4.78 is 1.07. The Morgan fingerprint density at radius 3 is 2.50 bits per heavy atom. The molecule has 0 aromatic heterocycles. The molecule has 0 heterocycles. The van der Waals surface area contributed by atoms with Gasteiger partial charge in [-0.05, 0) is 54.8 Å². The third kappa shape index (κ3) is 6.31. The molecule has 0 bridgehead atoms. The number of hydrazone groups is 1. The highest BCUT2D eigenvalue weighted by Gasteiger charge is 2.06. The number of nitrogens with one attached hydrogen (secondary N) is 2. The zero-order valence-electron chi connectivity index (χ0n) is 14.8. The van der Waals surface area contributed by atoms with Crippen molar-refractivity contribution in [1.82, 2.24) is 5.43 Å². The second-order valence-electron chi connectivity index (χ2n) is 5.75. The van der Waals surface area contributed by atoms with Crippen LogP contribution in [0.25, 0.3) is 0 Å². The molecule has 0 saturated carbocycles. The van der Waals surface area contributed by atoms with Gasteiger partial charge < -0.3 is 5.32 Å². The molecule has 2 rings (SSSR count). The Morgan fingerprint density at radius 2 is 1.85 bits per heavy atom. The molecule has 0 aliphatic heterocycles. The van der Waals surface area contributed by atoms with Crippen LogP contribution in [0.5, 0.6) is 0 Å². The molecular weight excluding hydrogens is 414 g/mol. The Hall–Kier alpha value is -2.12. The van der Waals surface area contributed by atoms with E-state index in [9.17, 15) is 9.59 Å². The number of hydrogen-bond donors (Lipinski definition) is 2. The first-order valence-electron chi connectivity index (χ1n) is 7.94. The van der Waals surface area contributed by atoms with Gasteiger partial charge in [-0.25, -0.2) is 5.43 Å². The third-order valence-electron chi connectivity index (χ3n) is 3.45. The van der Waals surface area contributed by atoms with E-state index >= 15 is 0 Å². The van der Waals surface area contributed by atoms with E-state index in [2.05, 4.69) is 43.9 Å². The van der Waals surface area contributed by atoms with E-state index in [1.165, 1.54) is 18.7 Å². The number of aryl methyl sites for hydroxylation is 2. The molecule has 2 amide bonds. The molecular formula is C19H20BrN3O2S. The van der Waals surface area contributed by atoms with Crippen molar-refractivity contribution in [2.75, 3.05) is 11.1 Å². The van der Waals surface area contributed by atoms with E-state index in [1.807, 2.05) is 26.0 Å². The Labute approximate surface area is 165 Å². The van der Waals surface area contributed by atoms with Crippen molar-refractivity contribution in [3.05, 3.63) is 57.6 Å². The van der Waals surface area contributed by atoms with Gasteiger partial charge in [0.25, 0.3) is 0 Å². The average molecular weight is 434 g/mol. The molecule has 0 aliphatic carbocycles. The molecule has 5 nitrogen and oxygen atoms in total. The minimum Gasteiger partial charge on any atom is -0.326 e. The highest BCUT2D eigenvalue weighted by Crippen LogP contribution is 2.28. The van der Waals surface area contributed by atoms with E-state index in [0.717, 1.165) is 31.7 Å². The highest BCUT2D eigenvalue weighted by atomic mass is 79.9. The fraction of sp³-hybridized carbons (Fsp3) is 0.211. The number of thioether (sulfide) groups is 1. The number of hydrogen-bond acceptors (Lipinski definition) is 4. The zero-order chi connectivity index (χ0) is 19.1. The summed E-state index contributed by atoms with van der Waals surface area (Å²) in [6, 6.07) is 11.3. The number of carbonyl (C=O) groups excluding carboxylic acids is 2. The SMILES string of the molecule is CC(=O)Nc1ccc(/C=N\NC(=O)CSc2cc(C)c(Br)cc2C)cc1. The topological polar surface area (TPSA) is 70.6 Å². The van der Waals surface area contributed by atoms with Crippen LogP contribution in [-0.4, -0.2) is 23.8 Å². The van der Waals surface area contributed by atoms with Crippen molar-refractivity contribution in [3.8, 4) is 0 Å². The lowest BCUT2D eigenvalue weighted by molar-refractivity contribution is -0.118. The van der Waals surface area contributed by atoms with Gasteiger partial charge in [0.2, 0.25) is 11.8 Å². The molecule has 0 radical (unpaired) electrons. The van der Waals surface area contributed by atoms with Crippen molar-refractivity contribution >= 4 is 51.4 Å². The summed E-state index contributed by atoms with van der Waals surface area (Å²) in [4.78, 5) is 24.0. The Morgan fingerprint density at radius 1 is 1.15 bits per heavy atom. The van der Waals surface area contributed by atoms with Crippen molar-refractivity contribution < 1.29 is 9.59 Å². The quantitative estimate of drug-likeness (QED) is 0.405. The van der Waals surface area contributed by atoms with Crippen LogP contribution in [0.1, 0.15) is 23.6 Å². The summed E-state index contributed by atoms with van der Waals surface area (Å²) in [5, 5.41) is 6.66. The lowest BCUT2D eigenvalue weighted by Crippen LogP contribution is -2.19. The number of carbonyl (C=O) groups is 2. The Bertz CT molecular complexity index is 835. The fourth-order valence-corrected chi connectivity index (χ4v) is 3.48. The predicted molar refractivity (Wildman–Crippen MR) is 111 cm³/mol. The molecule has 26 heavy (non-hydrogen) atoms. The molecule has 136 valence electrons. The second kappa shape index (κ2) is 9.54. The first-order chi connectivity index (χ1) is 12.3. The van der Waals surface area contributed by atoms with Crippen LogP contribution in [0, 0.1) is 13.8 Å². The summed E-state index contributed by atoms with van der Waals surface area (Å²) in [5.41, 5.74) is 6.33. The maximum atomic E-state index is 11.9. The van der Waals surface area contributed by atoms with Crippen molar-refractivity contribution in [2.24, 2.45) is 5.10 Å². The second-order valence-corrected chi connectivity index (χ2v) is 7.62. The maximum absolute atomic E-state index is 11.9. The van der Waals surface area contributed by atoms with Crippen molar-refractivity contribution in [1.29, 1.82) is 0 Å². The summed E-state index contributed by atoms with van der Waals surface area (Å²) in [5.74, 6) is 0.00856. The normalized spacial score (nSPS) is 10.8. The molecule has 2 N–H and O–H groups in total. The van der Waals surface area contributed by atoms with Gasteiger partial charge in [-0.3, -0.25) is 9.59 Å². The third-order valence-corrected chi connectivity index (χ3v) is 5.46. The number of benzene rings is 2. The molecule has 2 aromatic carbocycles. The molecule has 0 spiro atoms. The van der Waals surface area contributed by atoms with Crippen LogP contribution in [0.3, 0.4) is 0 Å².